The molecule has 1 aliphatic carbocycles. The van der Waals surface area contributed by atoms with Crippen molar-refractivity contribution in [2.45, 2.75) is 12.8 Å². The van der Waals surface area contributed by atoms with Crippen LogP contribution in [-0.4, -0.2) is 32.5 Å². The third kappa shape index (κ3) is 1.64. The van der Waals surface area contributed by atoms with Crippen LogP contribution >= 0.6 is 11.6 Å². The number of aromatic nitrogens is 4. The van der Waals surface area contributed by atoms with Crippen LogP contribution in [0.4, 0.5) is 5.69 Å². The average Bonchev–Trinajstić information content (AvgIpc) is 3.08. The van der Waals surface area contributed by atoms with E-state index in [9.17, 15) is 4.79 Å². The van der Waals surface area contributed by atoms with E-state index in [4.69, 9.17) is 15.7 Å². The lowest BCUT2D eigenvalue weighted by Gasteiger charge is -2.16. The highest BCUT2D eigenvalue weighted by Gasteiger charge is 2.33. The zero-order valence-corrected chi connectivity index (χ0v) is 9.42. The first-order valence-electron chi connectivity index (χ1n) is 6.58. The summed E-state index contributed by atoms with van der Waals surface area (Å²) in [4.78, 5) is 16.9. The van der Waals surface area contributed by atoms with Gasteiger partial charge < -0.3 is 4.90 Å². The number of hydrogen-bond acceptors (Lipinski definition) is 4. The summed E-state index contributed by atoms with van der Waals surface area (Å²) in [5.74, 6) is -0.687. The van der Waals surface area contributed by atoms with Crippen molar-refractivity contribution in [3.8, 4) is 0 Å². The molecule has 2 aromatic heterocycles. The molecule has 0 saturated heterocycles. The molecule has 1 amide bonds. The van der Waals surface area contributed by atoms with Crippen LogP contribution in [-0.2, 0) is 4.79 Å². The summed E-state index contributed by atoms with van der Waals surface area (Å²) in [5, 5.41) is 7.59. The molecule has 0 aliphatic heterocycles. The van der Waals surface area contributed by atoms with E-state index in [0.29, 0.717) is 12.8 Å². The predicted octanol–water partition coefficient (Wildman–Crippen LogP) is 1.15. The number of anilines is 1. The largest absolute Gasteiger partial charge is 0.311 e. The zero-order valence-electron chi connectivity index (χ0n) is 11.7. The molecule has 0 spiro atoms. The summed E-state index contributed by atoms with van der Waals surface area (Å²) in [6.07, 6.45) is 3.96. The second-order valence-electron chi connectivity index (χ2n) is 3.88. The molecule has 88 valence electrons. The minimum Gasteiger partial charge on any atom is -0.311 e. The second kappa shape index (κ2) is 3.66. The van der Waals surface area contributed by atoms with E-state index in [1.165, 1.54) is 16.9 Å². The van der Waals surface area contributed by atoms with Gasteiger partial charge in [0.1, 0.15) is 12.0 Å². The Morgan fingerprint density at radius 2 is 2.53 bits per heavy atom. The maximum Gasteiger partial charge on any atom is 0.229 e. The van der Waals surface area contributed by atoms with E-state index < -0.39 is 12.9 Å². The lowest BCUT2D eigenvalue weighted by molar-refractivity contribution is -0.119. The van der Waals surface area contributed by atoms with Crippen LogP contribution in [0.5, 0.6) is 0 Å². The minimum absolute atomic E-state index is 0.0869. The Balaban J connectivity index is 2.16. The minimum atomic E-state index is -2.61. The highest BCUT2D eigenvalue weighted by atomic mass is 35.5. The number of carbonyl (C=O) groups excluding carboxylic acids is 1. The monoisotopic (exact) mass is 254 g/mol. The van der Waals surface area contributed by atoms with Gasteiger partial charge in [-0.1, -0.05) is 0 Å². The van der Waals surface area contributed by atoms with Crippen LogP contribution in [0, 0.1) is 5.92 Å². The second-order valence-corrected chi connectivity index (χ2v) is 4.22. The third-order valence-electron chi connectivity index (χ3n) is 2.66. The van der Waals surface area contributed by atoms with E-state index in [1.807, 2.05) is 0 Å². The van der Waals surface area contributed by atoms with Gasteiger partial charge in [0.25, 0.3) is 0 Å². The smallest absolute Gasteiger partial charge is 0.229 e. The Morgan fingerprint density at radius 3 is 3.24 bits per heavy atom. The van der Waals surface area contributed by atoms with E-state index in [2.05, 4.69) is 15.2 Å². The molecule has 7 heteroatoms. The Morgan fingerprint density at radius 1 is 1.71 bits per heavy atom. The fourth-order valence-electron chi connectivity index (χ4n) is 1.57. The van der Waals surface area contributed by atoms with Crippen LogP contribution in [0.15, 0.2) is 12.5 Å². The number of rotatable bonds is 2. The summed E-state index contributed by atoms with van der Waals surface area (Å²) in [5.41, 5.74) is 0.277. The van der Waals surface area contributed by atoms with Crippen LogP contribution < -0.4 is 4.90 Å². The van der Waals surface area contributed by atoms with Gasteiger partial charge in [-0.2, -0.15) is 0 Å². The van der Waals surface area contributed by atoms with Crippen LogP contribution in [0.3, 0.4) is 0 Å². The Labute approximate surface area is 106 Å². The molecule has 2 heterocycles. The van der Waals surface area contributed by atoms with E-state index in [0.717, 1.165) is 4.90 Å². The molecule has 0 atom stereocenters. The summed E-state index contributed by atoms with van der Waals surface area (Å²) in [6, 6.07) is 0. The molecule has 1 saturated carbocycles. The average molecular weight is 255 g/mol. The molecule has 6 nitrogen and oxygen atoms in total. The maximum absolute atomic E-state index is 12.3. The van der Waals surface area contributed by atoms with Gasteiger partial charge in [-0.15, -0.1) is 10.2 Å². The summed E-state index contributed by atoms with van der Waals surface area (Å²) < 4.78 is 24.1. The summed E-state index contributed by atoms with van der Waals surface area (Å²) in [7, 11) is 0. The van der Waals surface area contributed by atoms with Crippen LogP contribution in [0.25, 0.3) is 5.65 Å². The first-order valence-corrected chi connectivity index (χ1v) is 5.45. The van der Waals surface area contributed by atoms with Gasteiger partial charge in [-0.25, -0.2) is 4.98 Å². The number of nitrogens with zero attached hydrogens (tertiary/aromatic N) is 5. The van der Waals surface area contributed by atoms with E-state index in [-0.39, 0.29) is 22.5 Å². The molecule has 0 bridgehead atoms. The topological polar surface area (TPSA) is 63.4 Å². The lowest BCUT2D eigenvalue weighted by atomic mass is 10.3. The number of amides is 1. The number of carbonyl (C=O) groups is 1. The van der Waals surface area contributed by atoms with Crippen molar-refractivity contribution in [1.82, 2.24) is 19.6 Å². The van der Waals surface area contributed by atoms with Crippen molar-refractivity contribution in [3.63, 3.8) is 0 Å². The number of hydrogen-bond donors (Lipinski definition) is 0. The molecule has 0 aromatic carbocycles. The zero-order chi connectivity index (χ0) is 14.5. The molecule has 17 heavy (non-hydrogen) atoms. The van der Waals surface area contributed by atoms with Crippen molar-refractivity contribution in [3.05, 3.63) is 17.8 Å². The molecular formula is C10H10ClN5O. The van der Waals surface area contributed by atoms with E-state index >= 15 is 0 Å². The molecule has 0 radical (unpaired) electrons. The molecule has 2 aromatic rings. The van der Waals surface area contributed by atoms with E-state index in [1.54, 1.807) is 0 Å². The van der Waals surface area contributed by atoms with Crippen molar-refractivity contribution in [2.75, 3.05) is 11.9 Å². The fraction of sp³-hybridized carbons (Fsp3) is 0.400. The molecule has 0 unspecified atom stereocenters. The molecule has 3 rings (SSSR count). The van der Waals surface area contributed by atoms with Gasteiger partial charge in [0, 0.05) is 17.0 Å². The Bertz CT molecular complexity index is 681. The normalized spacial score (nSPS) is 18.5. The van der Waals surface area contributed by atoms with Crippen molar-refractivity contribution >= 4 is 28.8 Å². The van der Waals surface area contributed by atoms with Crippen molar-refractivity contribution < 1.29 is 8.91 Å². The fourth-order valence-corrected chi connectivity index (χ4v) is 1.74. The summed E-state index contributed by atoms with van der Waals surface area (Å²) in [6.45, 7) is -2.61. The third-order valence-corrected chi connectivity index (χ3v) is 2.94. The first kappa shape index (κ1) is 7.60. The van der Waals surface area contributed by atoms with Gasteiger partial charge in [0.05, 0.1) is 6.20 Å². The molecule has 1 aliphatic rings. The van der Waals surface area contributed by atoms with Gasteiger partial charge >= 0.3 is 0 Å². The Hall–Kier alpha value is -1.69. The maximum atomic E-state index is 12.3. The lowest BCUT2D eigenvalue weighted by Crippen LogP contribution is -2.28. The standard InChI is InChI=1S/C10H10ClN5O/c1-15(9(17)6-2-3-6)7-4-12-10(11)16-5-13-14-8(7)16/h4-6H,2-3H2,1H3/i1D3. The van der Waals surface area contributed by atoms with Crippen molar-refractivity contribution in [2.24, 2.45) is 5.92 Å². The molecular weight excluding hydrogens is 242 g/mol. The Kier molecular flexibility index (Phi) is 1.64. The van der Waals surface area contributed by atoms with Gasteiger partial charge in [0.2, 0.25) is 11.2 Å². The SMILES string of the molecule is [2H]C([2H])([2H])N(C(=O)C1CC1)c1cnc(Cl)n2cnnc12. The quantitative estimate of drug-likeness (QED) is 0.755. The highest BCUT2D eigenvalue weighted by molar-refractivity contribution is 6.28. The van der Waals surface area contributed by atoms with Crippen molar-refractivity contribution in [1.29, 1.82) is 0 Å². The van der Waals surface area contributed by atoms with Crippen LogP contribution in [0.2, 0.25) is 5.28 Å². The predicted molar refractivity (Wildman–Crippen MR) is 61.9 cm³/mol. The number of fused-ring (bicyclic) bond motifs is 1. The molecule has 0 N–H and O–H groups in total. The van der Waals surface area contributed by atoms with Gasteiger partial charge in [0.15, 0.2) is 5.65 Å². The first-order chi connectivity index (χ1) is 9.39. The molecule has 1 fully saturated rings. The number of halogens is 1. The van der Waals surface area contributed by atoms with Gasteiger partial charge in [-0.05, 0) is 24.4 Å². The highest BCUT2D eigenvalue weighted by Crippen LogP contribution is 2.33. The summed E-state index contributed by atoms with van der Waals surface area (Å²) >= 11 is 5.87. The van der Waals surface area contributed by atoms with Gasteiger partial charge in [-0.3, -0.25) is 9.20 Å². The van der Waals surface area contributed by atoms with Crippen LogP contribution in [0.1, 0.15) is 17.0 Å².